The maximum atomic E-state index is 15.4. The lowest BCUT2D eigenvalue weighted by atomic mass is 9.83. The summed E-state index contributed by atoms with van der Waals surface area (Å²) in [6.07, 6.45) is 3.95. The molecule has 0 saturated carbocycles. The van der Waals surface area contributed by atoms with E-state index in [1.165, 1.54) is 36.9 Å². The van der Waals surface area contributed by atoms with E-state index in [9.17, 15) is 22.4 Å². The van der Waals surface area contributed by atoms with Gasteiger partial charge in [0.1, 0.15) is 17.7 Å². The van der Waals surface area contributed by atoms with Crippen molar-refractivity contribution in [3.05, 3.63) is 100 Å². The molecule has 12 heteroatoms. The molecule has 0 radical (unpaired) electrons. The van der Waals surface area contributed by atoms with Crippen molar-refractivity contribution in [1.82, 2.24) is 14.9 Å². The average molecular weight is 667 g/mol. The van der Waals surface area contributed by atoms with Gasteiger partial charge in [0.2, 0.25) is 15.9 Å². The Bertz CT molecular complexity index is 1740. The summed E-state index contributed by atoms with van der Waals surface area (Å²) >= 11 is 0. The number of aryl methyl sites for hydroxylation is 2. The minimum Gasteiger partial charge on any atom is -0.453 e. The molecule has 0 aromatic heterocycles. The number of hydrogen-bond acceptors (Lipinski definition) is 6. The fourth-order valence-electron chi connectivity index (χ4n) is 7.21. The molecule has 9 nitrogen and oxygen atoms in total. The van der Waals surface area contributed by atoms with Crippen LogP contribution in [-0.4, -0.2) is 68.8 Å². The molecule has 3 N–H and O–H groups in total. The maximum absolute atomic E-state index is 15.4. The zero-order chi connectivity index (χ0) is 33.1. The van der Waals surface area contributed by atoms with Crippen LogP contribution in [0.1, 0.15) is 59.4 Å². The molecule has 3 aromatic rings. The Morgan fingerprint density at radius 2 is 1.79 bits per heavy atom. The van der Waals surface area contributed by atoms with Gasteiger partial charge in [0.05, 0.1) is 12.9 Å². The third kappa shape index (κ3) is 7.34. The van der Waals surface area contributed by atoms with Gasteiger partial charge in [-0.1, -0.05) is 36.4 Å². The Kier molecular flexibility index (Phi) is 9.90. The number of carbonyl (C=O) groups excluding carboxylic acids is 2. The summed E-state index contributed by atoms with van der Waals surface area (Å²) in [5.74, 6) is -2.23. The van der Waals surface area contributed by atoms with Crippen LogP contribution in [0, 0.1) is 11.6 Å². The highest BCUT2D eigenvalue weighted by Crippen LogP contribution is 2.34. The van der Waals surface area contributed by atoms with Crippen molar-refractivity contribution in [2.45, 2.75) is 69.0 Å². The molecular formula is C35H40F2N4O5S. The summed E-state index contributed by atoms with van der Waals surface area (Å²) < 4.78 is 61.9. The zero-order valence-electron chi connectivity index (χ0n) is 26.3. The van der Waals surface area contributed by atoms with Crippen molar-refractivity contribution in [3.8, 4) is 0 Å². The van der Waals surface area contributed by atoms with Crippen LogP contribution in [0.25, 0.3) is 0 Å². The van der Waals surface area contributed by atoms with Gasteiger partial charge in [0.25, 0.3) is 0 Å². The Morgan fingerprint density at radius 1 is 1.02 bits per heavy atom. The molecular weight excluding hydrogens is 626 g/mol. The summed E-state index contributed by atoms with van der Waals surface area (Å²) in [7, 11) is -2.23. The molecule has 250 valence electrons. The molecule has 2 amide bonds. The van der Waals surface area contributed by atoms with E-state index < -0.39 is 45.6 Å². The van der Waals surface area contributed by atoms with E-state index in [0.29, 0.717) is 31.5 Å². The molecule has 2 heterocycles. The number of ether oxygens (including phenoxy) is 1. The van der Waals surface area contributed by atoms with E-state index in [1.54, 1.807) is 22.5 Å². The summed E-state index contributed by atoms with van der Waals surface area (Å²) in [5.41, 5.74) is 4.21. The number of carbonyl (C=O) groups is 2. The second-order valence-electron chi connectivity index (χ2n) is 12.6. The van der Waals surface area contributed by atoms with Crippen molar-refractivity contribution in [1.29, 1.82) is 0 Å². The largest absolute Gasteiger partial charge is 0.453 e. The lowest BCUT2D eigenvalue weighted by Crippen LogP contribution is -2.57. The second kappa shape index (κ2) is 14.1. The quantitative estimate of drug-likeness (QED) is 0.307. The highest BCUT2D eigenvalue weighted by molar-refractivity contribution is 7.89. The van der Waals surface area contributed by atoms with E-state index in [0.717, 1.165) is 36.8 Å². The van der Waals surface area contributed by atoms with Crippen LogP contribution >= 0.6 is 0 Å². The number of nitrogens with zero attached hydrogens (tertiary/aromatic N) is 1. The lowest BCUT2D eigenvalue weighted by molar-refractivity contribution is -0.118. The van der Waals surface area contributed by atoms with Crippen LogP contribution in [0.15, 0.2) is 60.7 Å². The summed E-state index contributed by atoms with van der Waals surface area (Å²) in [6.45, 7) is 0.855. The van der Waals surface area contributed by atoms with Crippen molar-refractivity contribution in [3.63, 3.8) is 0 Å². The number of nitrogens with one attached hydrogen (secondary N) is 3. The number of anilines is 1. The van der Waals surface area contributed by atoms with E-state index in [2.05, 4.69) is 16.0 Å². The molecule has 3 unspecified atom stereocenters. The molecule has 3 aliphatic rings. The van der Waals surface area contributed by atoms with Crippen LogP contribution in [0.5, 0.6) is 0 Å². The van der Waals surface area contributed by atoms with Crippen LogP contribution in [0.4, 0.5) is 19.3 Å². The molecule has 6 rings (SSSR count). The van der Waals surface area contributed by atoms with Crippen LogP contribution in [-0.2, 0) is 38.8 Å². The van der Waals surface area contributed by atoms with Gasteiger partial charge in [0, 0.05) is 42.3 Å². The lowest BCUT2D eigenvalue weighted by Gasteiger charge is -2.37. The number of fused-ring (bicyclic) bond motifs is 3. The fraction of sp³-hybridized carbons (Fsp3) is 0.429. The average Bonchev–Trinajstić information content (AvgIpc) is 3.49. The van der Waals surface area contributed by atoms with E-state index in [4.69, 9.17) is 4.74 Å². The first-order valence-electron chi connectivity index (χ1n) is 16.2. The third-order valence-corrected chi connectivity index (χ3v) is 11.6. The number of hydrogen-bond donors (Lipinski definition) is 3. The Labute approximate surface area is 274 Å². The number of halogens is 2. The number of rotatable bonds is 9. The highest BCUT2D eigenvalue weighted by atomic mass is 32.2. The standard InChI is InChI=1S/C35H40F2N4O5S/c1-46-35(43)40-33(32(23-12-14-26(36)15-13-23)25-11-10-22-5-2-6-24(22)19-25)34(42)39-31-9-3-8-30(37)29(31)17-16-28-20-38-27-7-4-18-47(44,45)41(28)21-27/h3,8-15,19,27-28,32-33,38H,2,4-7,16-18,20-21H2,1H3,(H,39,42)(H,40,43)/t27?,28?,32-,33-/m0/s1. The smallest absolute Gasteiger partial charge is 0.407 e. The molecule has 2 bridgehead atoms. The minimum absolute atomic E-state index is 0.0940. The monoisotopic (exact) mass is 666 g/mol. The van der Waals surface area contributed by atoms with Crippen LogP contribution in [0.2, 0.25) is 0 Å². The molecule has 1 aliphatic carbocycles. The molecule has 2 aliphatic heterocycles. The van der Waals surface area contributed by atoms with E-state index in [1.807, 2.05) is 18.2 Å². The van der Waals surface area contributed by atoms with E-state index >= 15 is 4.39 Å². The maximum Gasteiger partial charge on any atom is 0.407 e. The van der Waals surface area contributed by atoms with Gasteiger partial charge in [-0.25, -0.2) is 22.0 Å². The van der Waals surface area contributed by atoms with Gasteiger partial charge in [-0.2, -0.15) is 4.31 Å². The zero-order valence-corrected chi connectivity index (χ0v) is 27.1. The molecule has 2 saturated heterocycles. The minimum atomic E-state index is -3.42. The molecule has 47 heavy (non-hydrogen) atoms. The number of piperazine rings is 1. The van der Waals surface area contributed by atoms with Gasteiger partial charge >= 0.3 is 6.09 Å². The fourth-order valence-corrected chi connectivity index (χ4v) is 9.02. The molecule has 0 spiro atoms. The van der Waals surface area contributed by atoms with Gasteiger partial charge in [-0.05, 0) is 91.5 Å². The Morgan fingerprint density at radius 3 is 2.57 bits per heavy atom. The number of amides is 2. The highest BCUT2D eigenvalue weighted by Gasteiger charge is 2.38. The first-order valence-corrected chi connectivity index (χ1v) is 17.8. The van der Waals surface area contributed by atoms with Gasteiger partial charge in [-0.3, -0.25) is 4.79 Å². The van der Waals surface area contributed by atoms with Crippen molar-refractivity contribution < 1.29 is 31.5 Å². The van der Waals surface area contributed by atoms with Crippen molar-refractivity contribution in [2.75, 3.05) is 31.3 Å². The summed E-state index contributed by atoms with van der Waals surface area (Å²) in [4.78, 5) is 26.9. The predicted molar refractivity (Wildman–Crippen MR) is 175 cm³/mol. The topological polar surface area (TPSA) is 117 Å². The van der Waals surface area contributed by atoms with E-state index in [-0.39, 0.29) is 35.5 Å². The molecule has 2 fully saturated rings. The van der Waals surface area contributed by atoms with Gasteiger partial charge < -0.3 is 20.7 Å². The van der Waals surface area contributed by atoms with Crippen LogP contribution < -0.4 is 16.0 Å². The van der Waals surface area contributed by atoms with Crippen molar-refractivity contribution >= 4 is 27.7 Å². The number of methoxy groups -OCH3 is 1. The summed E-state index contributed by atoms with van der Waals surface area (Å²) in [5, 5.41) is 8.96. The Balaban J connectivity index is 1.30. The second-order valence-corrected chi connectivity index (χ2v) is 14.6. The number of sulfonamides is 1. The van der Waals surface area contributed by atoms with Crippen molar-refractivity contribution in [2.24, 2.45) is 0 Å². The van der Waals surface area contributed by atoms with Gasteiger partial charge in [-0.15, -0.1) is 0 Å². The predicted octanol–water partition coefficient (Wildman–Crippen LogP) is 4.65. The molecule has 5 atom stereocenters. The van der Waals surface area contributed by atoms with Crippen LogP contribution in [0.3, 0.4) is 0 Å². The molecule has 3 aromatic carbocycles. The SMILES string of the molecule is COC(=O)N[C@H](C(=O)Nc1cccc(F)c1CCC1CNC2CCCS(=O)(=O)N1C2)[C@@H](c1ccc(F)cc1)c1ccc2c(c1)CCC2. The first kappa shape index (κ1) is 33.0. The number of benzene rings is 3. The first-order chi connectivity index (χ1) is 22.6. The Hall–Kier alpha value is -3.87. The number of alkyl carbamates (subject to hydrolysis) is 1. The van der Waals surface area contributed by atoms with Gasteiger partial charge in [0.15, 0.2) is 0 Å². The third-order valence-electron chi connectivity index (χ3n) is 9.65. The normalized spacial score (nSPS) is 22.7. The summed E-state index contributed by atoms with van der Waals surface area (Å²) in [6, 6.07) is 14.7.